The summed E-state index contributed by atoms with van der Waals surface area (Å²) in [6, 6.07) is 23.6. The van der Waals surface area contributed by atoms with Crippen molar-refractivity contribution in [3.63, 3.8) is 0 Å². The Morgan fingerprint density at radius 2 is 1.38 bits per heavy atom. The normalized spacial score (nSPS) is 12.5. The van der Waals surface area contributed by atoms with Gasteiger partial charge in [0.15, 0.2) is 0 Å². The topological polar surface area (TPSA) is 26.0 Å². The van der Waals surface area contributed by atoms with E-state index in [0.29, 0.717) is 0 Å². The van der Waals surface area contributed by atoms with Crippen LogP contribution in [0.4, 0.5) is 0 Å². The monoisotopic (exact) mass is 339 g/mol. The van der Waals surface area contributed by atoms with Crippen molar-refractivity contribution < 1.29 is 0 Å². The van der Waals surface area contributed by atoms with Crippen molar-refractivity contribution >= 4 is 26.7 Å². The summed E-state index contributed by atoms with van der Waals surface area (Å²) in [5.41, 5.74) is 8.90. The van der Waals surface area contributed by atoms with Crippen molar-refractivity contribution in [3.8, 4) is 0 Å². The zero-order valence-corrected chi connectivity index (χ0v) is 13.4. The Balaban J connectivity index is 1.70. The van der Waals surface area contributed by atoms with Gasteiger partial charge in [0.05, 0.1) is 0 Å². The van der Waals surface area contributed by atoms with Gasteiger partial charge in [-0.25, -0.2) is 0 Å². The first kappa shape index (κ1) is 14.3. The minimum absolute atomic E-state index is 0.146. The summed E-state index contributed by atoms with van der Waals surface area (Å²) in [7, 11) is 0. The molecular formula is C19H18BrN. The summed E-state index contributed by atoms with van der Waals surface area (Å²) in [5, 5.41) is 2.56. The lowest BCUT2D eigenvalue weighted by Gasteiger charge is -2.12. The first-order valence-corrected chi connectivity index (χ1v) is 7.98. The standard InChI is InChI=1S/C19H18BrN/c20-18-9-6-14(7-10-18)12-19(21)13-15-5-8-16-3-1-2-4-17(16)11-15/h1-11,19H,12-13,21H2. The highest BCUT2D eigenvalue weighted by molar-refractivity contribution is 9.10. The fourth-order valence-corrected chi connectivity index (χ4v) is 2.93. The fourth-order valence-electron chi connectivity index (χ4n) is 2.66. The second-order valence-electron chi connectivity index (χ2n) is 5.48. The molecule has 1 atom stereocenters. The third kappa shape index (κ3) is 3.72. The summed E-state index contributed by atoms with van der Waals surface area (Å²) < 4.78 is 1.11. The third-order valence-corrected chi connectivity index (χ3v) is 4.25. The lowest BCUT2D eigenvalue weighted by atomic mass is 9.98. The Labute approximate surface area is 133 Å². The highest BCUT2D eigenvalue weighted by Crippen LogP contribution is 2.17. The van der Waals surface area contributed by atoms with E-state index in [1.54, 1.807) is 0 Å². The number of halogens is 1. The number of benzene rings is 3. The lowest BCUT2D eigenvalue weighted by molar-refractivity contribution is 0.665. The highest BCUT2D eigenvalue weighted by Gasteiger charge is 2.06. The Hall–Kier alpha value is -1.64. The molecular weight excluding hydrogens is 322 g/mol. The van der Waals surface area contributed by atoms with Gasteiger partial charge in [0, 0.05) is 10.5 Å². The molecule has 3 aromatic rings. The molecule has 0 aliphatic rings. The summed E-state index contributed by atoms with van der Waals surface area (Å²) in [4.78, 5) is 0. The van der Waals surface area contributed by atoms with Gasteiger partial charge in [0.2, 0.25) is 0 Å². The van der Waals surface area contributed by atoms with Gasteiger partial charge in [-0.1, -0.05) is 70.5 Å². The Morgan fingerprint density at radius 3 is 2.14 bits per heavy atom. The maximum absolute atomic E-state index is 6.31. The van der Waals surface area contributed by atoms with Crippen molar-refractivity contribution in [1.82, 2.24) is 0 Å². The van der Waals surface area contributed by atoms with E-state index >= 15 is 0 Å². The van der Waals surface area contributed by atoms with Crippen LogP contribution in [0, 0.1) is 0 Å². The number of fused-ring (bicyclic) bond motifs is 1. The van der Waals surface area contributed by atoms with Crippen molar-refractivity contribution in [3.05, 3.63) is 82.3 Å². The summed E-state index contributed by atoms with van der Waals surface area (Å²) in [6.07, 6.45) is 1.81. The maximum atomic E-state index is 6.31. The van der Waals surface area contributed by atoms with Crippen molar-refractivity contribution in [1.29, 1.82) is 0 Å². The fraction of sp³-hybridized carbons (Fsp3) is 0.158. The molecule has 0 spiro atoms. The molecule has 3 rings (SSSR count). The van der Waals surface area contributed by atoms with Gasteiger partial charge in [0.25, 0.3) is 0 Å². The molecule has 0 aliphatic carbocycles. The second-order valence-corrected chi connectivity index (χ2v) is 6.39. The molecule has 2 N–H and O–H groups in total. The van der Waals surface area contributed by atoms with Crippen LogP contribution in [0.1, 0.15) is 11.1 Å². The molecule has 0 amide bonds. The number of rotatable bonds is 4. The van der Waals surface area contributed by atoms with Crippen molar-refractivity contribution in [2.24, 2.45) is 5.73 Å². The highest BCUT2D eigenvalue weighted by atomic mass is 79.9. The molecule has 2 heteroatoms. The molecule has 0 radical (unpaired) electrons. The number of hydrogen-bond acceptors (Lipinski definition) is 1. The lowest BCUT2D eigenvalue weighted by Crippen LogP contribution is -2.25. The van der Waals surface area contributed by atoms with Crippen molar-refractivity contribution in [2.45, 2.75) is 18.9 Å². The molecule has 0 fully saturated rings. The Kier molecular flexibility index (Phi) is 4.37. The van der Waals surface area contributed by atoms with Crippen LogP contribution in [0.5, 0.6) is 0 Å². The van der Waals surface area contributed by atoms with Crippen LogP contribution in [0.25, 0.3) is 10.8 Å². The molecule has 0 heterocycles. The molecule has 0 saturated heterocycles. The summed E-state index contributed by atoms with van der Waals surface area (Å²) >= 11 is 3.46. The maximum Gasteiger partial charge on any atom is 0.0175 e. The van der Waals surface area contributed by atoms with E-state index in [9.17, 15) is 0 Å². The SMILES string of the molecule is NC(Cc1ccc(Br)cc1)Cc1ccc2ccccc2c1. The van der Waals surface area contributed by atoms with Crippen LogP contribution in [-0.4, -0.2) is 6.04 Å². The van der Waals surface area contributed by atoms with E-state index in [-0.39, 0.29) is 6.04 Å². The van der Waals surface area contributed by atoms with Crippen LogP contribution in [0.2, 0.25) is 0 Å². The molecule has 106 valence electrons. The Morgan fingerprint density at radius 1 is 0.762 bits per heavy atom. The summed E-state index contributed by atoms with van der Waals surface area (Å²) in [6.45, 7) is 0. The van der Waals surface area contributed by atoms with E-state index in [1.165, 1.54) is 21.9 Å². The van der Waals surface area contributed by atoms with E-state index in [0.717, 1.165) is 17.3 Å². The molecule has 0 saturated carbocycles. The van der Waals surface area contributed by atoms with E-state index in [2.05, 4.69) is 82.7 Å². The smallest absolute Gasteiger partial charge is 0.0175 e. The van der Waals surface area contributed by atoms with Gasteiger partial charge in [-0.15, -0.1) is 0 Å². The van der Waals surface area contributed by atoms with Gasteiger partial charge >= 0.3 is 0 Å². The predicted octanol–water partition coefficient (Wildman–Crippen LogP) is 4.71. The number of nitrogens with two attached hydrogens (primary N) is 1. The van der Waals surface area contributed by atoms with Crippen LogP contribution >= 0.6 is 15.9 Å². The minimum Gasteiger partial charge on any atom is -0.327 e. The first-order valence-electron chi connectivity index (χ1n) is 7.18. The van der Waals surface area contributed by atoms with E-state index < -0.39 is 0 Å². The zero-order chi connectivity index (χ0) is 14.7. The zero-order valence-electron chi connectivity index (χ0n) is 11.8. The van der Waals surface area contributed by atoms with Gasteiger partial charge in [-0.3, -0.25) is 0 Å². The average Bonchev–Trinajstić information content (AvgIpc) is 2.49. The first-order chi connectivity index (χ1) is 10.2. The van der Waals surface area contributed by atoms with Crippen LogP contribution in [-0.2, 0) is 12.8 Å². The predicted molar refractivity (Wildman–Crippen MR) is 93.5 cm³/mol. The van der Waals surface area contributed by atoms with E-state index in [1.807, 2.05) is 0 Å². The molecule has 3 aromatic carbocycles. The Bertz CT molecular complexity index is 734. The van der Waals surface area contributed by atoms with Crippen LogP contribution in [0.3, 0.4) is 0 Å². The van der Waals surface area contributed by atoms with Crippen molar-refractivity contribution in [2.75, 3.05) is 0 Å². The molecule has 1 unspecified atom stereocenters. The number of hydrogen-bond donors (Lipinski definition) is 1. The molecule has 1 nitrogen and oxygen atoms in total. The minimum atomic E-state index is 0.146. The molecule has 0 bridgehead atoms. The molecule has 0 aliphatic heterocycles. The second kappa shape index (κ2) is 6.42. The van der Waals surface area contributed by atoms with Gasteiger partial charge in [-0.05, 0) is 46.9 Å². The van der Waals surface area contributed by atoms with Gasteiger partial charge < -0.3 is 5.73 Å². The molecule has 21 heavy (non-hydrogen) atoms. The largest absolute Gasteiger partial charge is 0.327 e. The van der Waals surface area contributed by atoms with Gasteiger partial charge in [0.1, 0.15) is 0 Å². The van der Waals surface area contributed by atoms with E-state index in [4.69, 9.17) is 5.73 Å². The van der Waals surface area contributed by atoms with Crippen LogP contribution in [0.15, 0.2) is 71.2 Å². The average molecular weight is 340 g/mol. The third-order valence-electron chi connectivity index (χ3n) is 3.72. The van der Waals surface area contributed by atoms with Gasteiger partial charge in [-0.2, -0.15) is 0 Å². The van der Waals surface area contributed by atoms with Crippen LogP contribution < -0.4 is 5.73 Å². The quantitative estimate of drug-likeness (QED) is 0.731. The summed E-state index contributed by atoms with van der Waals surface area (Å²) in [5.74, 6) is 0. The molecule has 0 aromatic heterocycles.